The molecule has 0 saturated carbocycles. The Morgan fingerprint density at radius 3 is 2.50 bits per heavy atom. The van der Waals surface area contributed by atoms with Crippen molar-refractivity contribution in [1.82, 2.24) is 10.3 Å². The Balaban J connectivity index is 2.03. The van der Waals surface area contributed by atoms with Gasteiger partial charge in [0.05, 0.1) is 12.8 Å². The second kappa shape index (κ2) is 6.53. The summed E-state index contributed by atoms with van der Waals surface area (Å²) in [5, 5.41) is 3.45. The van der Waals surface area contributed by atoms with Crippen LogP contribution in [0.2, 0.25) is 0 Å². The van der Waals surface area contributed by atoms with Gasteiger partial charge in [-0.2, -0.15) is 0 Å². The van der Waals surface area contributed by atoms with Gasteiger partial charge < -0.3 is 10.1 Å². The van der Waals surface area contributed by atoms with Crippen LogP contribution in [0.1, 0.15) is 27.9 Å². The van der Waals surface area contributed by atoms with Gasteiger partial charge in [0.15, 0.2) is 0 Å². The van der Waals surface area contributed by atoms with E-state index in [4.69, 9.17) is 4.74 Å². The van der Waals surface area contributed by atoms with Crippen LogP contribution in [-0.2, 0) is 13.1 Å². The van der Waals surface area contributed by atoms with Gasteiger partial charge in [-0.15, -0.1) is 0 Å². The van der Waals surface area contributed by atoms with E-state index in [2.05, 4.69) is 48.4 Å². The molecule has 0 aliphatic carbocycles. The molecule has 0 unspecified atom stereocenters. The predicted molar refractivity (Wildman–Crippen MR) is 82.0 cm³/mol. The fourth-order valence-corrected chi connectivity index (χ4v) is 2.37. The second-order valence-corrected chi connectivity index (χ2v) is 5.08. The first-order valence-corrected chi connectivity index (χ1v) is 6.87. The first-order valence-electron chi connectivity index (χ1n) is 6.87. The van der Waals surface area contributed by atoms with E-state index in [1.807, 2.05) is 13.1 Å². The smallest absolute Gasteiger partial charge is 0.128 e. The summed E-state index contributed by atoms with van der Waals surface area (Å²) in [7, 11) is 1.71. The van der Waals surface area contributed by atoms with Crippen LogP contribution >= 0.6 is 0 Å². The van der Waals surface area contributed by atoms with Crippen LogP contribution in [0.5, 0.6) is 5.75 Å². The monoisotopic (exact) mass is 270 g/mol. The number of nitrogens with zero attached hydrogens (tertiary/aromatic N) is 1. The molecule has 106 valence electrons. The Bertz CT molecular complexity index is 594. The van der Waals surface area contributed by atoms with Crippen molar-refractivity contribution in [2.24, 2.45) is 0 Å². The normalized spacial score (nSPS) is 10.6. The van der Waals surface area contributed by atoms with Gasteiger partial charge in [-0.05, 0) is 31.9 Å². The van der Waals surface area contributed by atoms with E-state index in [0.29, 0.717) is 0 Å². The first kappa shape index (κ1) is 14.5. The fourth-order valence-electron chi connectivity index (χ4n) is 2.37. The number of methoxy groups -OCH3 is 1. The quantitative estimate of drug-likeness (QED) is 0.905. The summed E-state index contributed by atoms with van der Waals surface area (Å²) < 4.78 is 5.43. The molecule has 1 N–H and O–H groups in total. The number of rotatable bonds is 5. The molecule has 3 nitrogen and oxygen atoms in total. The molecule has 1 aromatic carbocycles. The SMILES string of the molecule is COc1c(C)cnc(CNCc2ccccc2C)c1C. The molecule has 20 heavy (non-hydrogen) atoms. The van der Waals surface area contributed by atoms with Gasteiger partial charge in [-0.25, -0.2) is 0 Å². The summed E-state index contributed by atoms with van der Waals surface area (Å²) in [5.74, 6) is 0.938. The zero-order valence-corrected chi connectivity index (χ0v) is 12.7. The lowest BCUT2D eigenvalue weighted by Crippen LogP contribution is -2.15. The molecule has 0 radical (unpaired) electrons. The maximum Gasteiger partial charge on any atom is 0.128 e. The van der Waals surface area contributed by atoms with Crippen molar-refractivity contribution in [2.45, 2.75) is 33.9 Å². The standard InChI is InChI=1S/C17H22N2O/c1-12-7-5-6-8-15(12)10-18-11-16-14(3)17(20-4)13(2)9-19-16/h5-9,18H,10-11H2,1-4H3. The first-order chi connectivity index (χ1) is 9.63. The Morgan fingerprint density at radius 2 is 1.80 bits per heavy atom. The van der Waals surface area contributed by atoms with Crippen LogP contribution in [0.15, 0.2) is 30.5 Å². The molecule has 0 spiro atoms. The topological polar surface area (TPSA) is 34.1 Å². The molecule has 0 amide bonds. The van der Waals surface area contributed by atoms with Gasteiger partial charge in [0, 0.05) is 30.4 Å². The number of nitrogens with one attached hydrogen (secondary N) is 1. The molecule has 2 aromatic rings. The third-order valence-corrected chi connectivity index (χ3v) is 3.62. The van der Waals surface area contributed by atoms with E-state index >= 15 is 0 Å². The van der Waals surface area contributed by atoms with Gasteiger partial charge in [-0.1, -0.05) is 24.3 Å². The van der Waals surface area contributed by atoms with Crippen LogP contribution < -0.4 is 10.1 Å². The number of hydrogen-bond acceptors (Lipinski definition) is 3. The predicted octanol–water partition coefficient (Wildman–Crippen LogP) is 3.31. The second-order valence-electron chi connectivity index (χ2n) is 5.08. The summed E-state index contributed by atoms with van der Waals surface area (Å²) in [6.45, 7) is 7.81. The van der Waals surface area contributed by atoms with E-state index in [1.165, 1.54) is 11.1 Å². The number of benzene rings is 1. The minimum absolute atomic E-state index is 0.747. The maximum atomic E-state index is 5.43. The van der Waals surface area contributed by atoms with Crippen LogP contribution in [0, 0.1) is 20.8 Å². The van der Waals surface area contributed by atoms with Crippen molar-refractivity contribution < 1.29 is 4.74 Å². The van der Waals surface area contributed by atoms with Crippen molar-refractivity contribution in [2.75, 3.05) is 7.11 Å². The minimum atomic E-state index is 0.747. The molecule has 0 aliphatic rings. The molecule has 1 heterocycles. The van der Waals surface area contributed by atoms with Crippen LogP contribution in [0.3, 0.4) is 0 Å². The minimum Gasteiger partial charge on any atom is -0.496 e. The molecular weight excluding hydrogens is 248 g/mol. The van der Waals surface area contributed by atoms with Gasteiger partial charge in [-0.3, -0.25) is 4.98 Å². The van der Waals surface area contributed by atoms with E-state index in [1.54, 1.807) is 7.11 Å². The lowest BCUT2D eigenvalue weighted by Gasteiger charge is -2.13. The number of aryl methyl sites for hydroxylation is 2. The van der Waals surface area contributed by atoms with Crippen molar-refractivity contribution in [3.63, 3.8) is 0 Å². The van der Waals surface area contributed by atoms with Gasteiger partial charge in [0.2, 0.25) is 0 Å². The van der Waals surface area contributed by atoms with Crippen molar-refractivity contribution in [3.05, 3.63) is 58.4 Å². The molecule has 0 saturated heterocycles. The van der Waals surface area contributed by atoms with Gasteiger partial charge in [0.1, 0.15) is 5.75 Å². The summed E-state index contributed by atoms with van der Waals surface area (Å²) in [4.78, 5) is 4.50. The summed E-state index contributed by atoms with van der Waals surface area (Å²) in [6.07, 6.45) is 1.87. The average Bonchev–Trinajstić information content (AvgIpc) is 2.44. The number of aromatic nitrogens is 1. The maximum absolute atomic E-state index is 5.43. The van der Waals surface area contributed by atoms with Gasteiger partial charge >= 0.3 is 0 Å². The highest BCUT2D eigenvalue weighted by molar-refractivity contribution is 5.41. The summed E-state index contributed by atoms with van der Waals surface area (Å²) in [5.41, 5.74) is 5.87. The van der Waals surface area contributed by atoms with Crippen LogP contribution in [0.25, 0.3) is 0 Å². The molecule has 0 aliphatic heterocycles. The molecule has 3 heteroatoms. The van der Waals surface area contributed by atoms with Crippen molar-refractivity contribution in [3.8, 4) is 5.75 Å². The van der Waals surface area contributed by atoms with E-state index in [9.17, 15) is 0 Å². The Morgan fingerprint density at radius 1 is 1.05 bits per heavy atom. The Labute approximate surface area is 121 Å². The lowest BCUT2D eigenvalue weighted by molar-refractivity contribution is 0.406. The molecule has 0 fully saturated rings. The zero-order valence-electron chi connectivity index (χ0n) is 12.7. The van der Waals surface area contributed by atoms with Crippen LogP contribution in [-0.4, -0.2) is 12.1 Å². The van der Waals surface area contributed by atoms with Crippen molar-refractivity contribution in [1.29, 1.82) is 0 Å². The third-order valence-electron chi connectivity index (χ3n) is 3.62. The lowest BCUT2D eigenvalue weighted by atomic mass is 10.1. The van der Waals surface area contributed by atoms with E-state index in [-0.39, 0.29) is 0 Å². The largest absolute Gasteiger partial charge is 0.496 e. The number of ether oxygens (including phenoxy) is 1. The fraction of sp³-hybridized carbons (Fsp3) is 0.353. The molecule has 0 atom stereocenters. The summed E-state index contributed by atoms with van der Waals surface area (Å²) in [6, 6.07) is 8.42. The highest BCUT2D eigenvalue weighted by Crippen LogP contribution is 2.23. The van der Waals surface area contributed by atoms with Gasteiger partial charge in [0.25, 0.3) is 0 Å². The summed E-state index contributed by atoms with van der Waals surface area (Å²) >= 11 is 0. The third kappa shape index (κ3) is 3.17. The Kier molecular flexibility index (Phi) is 4.74. The number of hydrogen-bond donors (Lipinski definition) is 1. The molecular formula is C17H22N2O. The highest BCUT2D eigenvalue weighted by Gasteiger charge is 2.09. The number of pyridine rings is 1. The zero-order chi connectivity index (χ0) is 14.5. The molecule has 1 aromatic heterocycles. The van der Waals surface area contributed by atoms with E-state index < -0.39 is 0 Å². The van der Waals surface area contributed by atoms with Crippen LogP contribution in [0.4, 0.5) is 0 Å². The van der Waals surface area contributed by atoms with Crippen molar-refractivity contribution >= 4 is 0 Å². The highest BCUT2D eigenvalue weighted by atomic mass is 16.5. The van der Waals surface area contributed by atoms with E-state index in [0.717, 1.165) is 35.7 Å². The molecule has 0 bridgehead atoms. The average molecular weight is 270 g/mol. The molecule has 2 rings (SSSR count). The Hall–Kier alpha value is -1.87.